The van der Waals surface area contributed by atoms with Crippen molar-refractivity contribution in [3.05, 3.63) is 30.1 Å². The Morgan fingerprint density at radius 2 is 2.04 bits per heavy atom. The summed E-state index contributed by atoms with van der Waals surface area (Å²) in [6.07, 6.45) is 0. The third kappa shape index (κ3) is 5.44. The molecule has 0 aliphatic carbocycles. The molecular weight excluding hydrogens is 378 g/mol. The maximum Gasteiger partial charge on any atom is 0.243 e. The molecule has 2 rings (SSSR count). The first-order valence-corrected chi connectivity index (χ1v) is 10.1. The molecule has 0 bridgehead atoms. The molecule has 2 N–H and O–H groups in total. The Morgan fingerprint density at radius 1 is 1.35 bits per heavy atom. The lowest BCUT2D eigenvalue weighted by molar-refractivity contribution is -0.121. The summed E-state index contributed by atoms with van der Waals surface area (Å²) in [4.78, 5) is 16.2. The van der Waals surface area contributed by atoms with Crippen LogP contribution in [0.1, 0.15) is 5.82 Å². The lowest BCUT2D eigenvalue weighted by Gasteiger charge is -2.17. The summed E-state index contributed by atoms with van der Waals surface area (Å²) in [7, 11) is -0.875. The number of carbonyl (C=O) groups is 1. The number of nitrogens with one attached hydrogen (secondary N) is 2. The van der Waals surface area contributed by atoms with Gasteiger partial charge < -0.3 is 10.1 Å². The van der Waals surface area contributed by atoms with Crippen molar-refractivity contribution in [1.29, 1.82) is 0 Å². The van der Waals surface area contributed by atoms with Crippen molar-refractivity contribution in [3.8, 4) is 5.75 Å². The van der Waals surface area contributed by atoms with Crippen LogP contribution in [0.15, 0.2) is 34.3 Å². The molecule has 0 fully saturated rings. The Bertz CT molecular complexity index is 836. The molecule has 0 unspecified atom stereocenters. The highest BCUT2D eigenvalue weighted by molar-refractivity contribution is 7.99. The highest BCUT2D eigenvalue weighted by Crippen LogP contribution is 2.18. The molecule has 0 aliphatic rings. The van der Waals surface area contributed by atoms with E-state index in [9.17, 15) is 13.2 Å². The van der Waals surface area contributed by atoms with Gasteiger partial charge in [-0.3, -0.25) is 9.89 Å². The predicted octanol–water partition coefficient (Wildman–Crippen LogP) is 0.651. The molecule has 2 aromatic rings. The summed E-state index contributed by atoms with van der Waals surface area (Å²) in [5.41, 5.74) is 0. The number of hydrogen-bond acceptors (Lipinski definition) is 7. The van der Waals surface area contributed by atoms with Gasteiger partial charge in [-0.15, -0.1) is 5.10 Å². The summed E-state index contributed by atoms with van der Waals surface area (Å²) in [6.45, 7) is 1.92. The number of rotatable bonds is 9. The van der Waals surface area contributed by atoms with Crippen molar-refractivity contribution < 1.29 is 17.9 Å². The minimum Gasteiger partial charge on any atom is -0.497 e. The molecule has 1 amide bonds. The second kappa shape index (κ2) is 9.01. The minimum absolute atomic E-state index is 0.101. The molecule has 1 aromatic carbocycles. The lowest BCUT2D eigenvalue weighted by atomic mass is 10.3. The van der Waals surface area contributed by atoms with Crippen LogP contribution in [0.5, 0.6) is 5.75 Å². The summed E-state index contributed by atoms with van der Waals surface area (Å²) < 4.78 is 31.0. The average molecular weight is 399 g/mol. The number of amides is 1. The molecule has 0 aliphatic heterocycles. The zero-order valence-corrected chi connectivity index (χ0v) is 16.4. The molecule has 0 radical (unpaired) electrons. The number of methoxy groups -OCH3 is 1. The first-order chi connectivity index (χ1) is 12.3. The molecule has 1 heterocycles. The molecule has 142 valence electrons. The maximum atomic E-state index is 12.5. The highest BCUT2D eigenvalue weighted by atomic mass is 32.2. The van der Waals surface area contributed by atoms with E-state index in [2.05, 4.69) is 20.5 Å². The lowest BCUT2D eigenvalue weighted by Crippen LogP contribution is -2.39. The van der Waals surface area contributed by atoms with Crippen molar-refractivity contribution >= 4 is 27.7 Å². The SMILES string of the molecule is COc1ccc(S(=O)(=O)N(C)CC(=O)NCCSc2n[nH]c(C)n2)cc1. The van der Waals surface area contributed by atoms with Crippen LogP contribution in [0, 0.1) is 6.92 Å². The van der Waals surface area contributed by atoms with E-state index in [1.807, 2.05) is 0 Å². The molecule has 11 heteroatoms. The van der Waals surface area contributed by atoms with Crippen molar-refractivity contribution in [2.45, 2.75) is 17.0 Å². The molecular formula is C15H21N5O4S2. The van der Waals surface area contributed by atoms with Crippen LogP contribution in [-0.4, -0.2) is 66.8 Å². The van der Waals surface area contributed by atoms with E-state index in [1.165, 1.54) is 38.1 Å². The van der Waals surface area contributed by atoms with Crippen LogP contribution in [0.2, 0.25) is 0 Å². The van der Waals surface area contributed by atoms with Crippen molar-refractivity contribution in [3.63, 3.8) is 0 Å². The van der Waals surface area contributed by atoms with E-state index in [-0.39, 0.29) is 17.3 Å². The maximum absolute atomic E-state index is 12.5. The Morgan fingerprint density at radius 3 is 2.62 bits per heavy atom. The number of benzene rings is 1. The van der Waals surface area contributed by atoms with Crippen LogP contribution < -0.4 is 10.1 Å². The van der Waals surface area contributed by atoms with Gasteiger partial charge in [0.05, 0.1) is 18.6 Å². The number of sulfonamides is 1. The highest BCUT2D eigenvalue weighted by Gasteiger charge is 2.22. The summed E-state index contributed by atoms with van der Waals surface area (Å²) >= 11 is 1.40. The average Bonchev–Trinajstić information content (AvgIpc) is 3.04. The van der Waals surface area contributed by atoms with E-state index >= 15 is 0 Å². The first-order valence-electron chi connectivity index (χ1n) is 7.72. The quantitative estimate of drug-likeness (QED) is 0.470. The normalized spacial score (nSPS) is 11.5. The van der Waals surface area contributed by atoms with Gasteiger partial charge in [0.2, 0.25) is 21.1 Å². The monoisotopic (exact) mass is 399 g/mol. The van der Waals surface area contributed by atoms with Crippen LogP contribution in [0.4, 0.5) is 0 Å². The zero-order chi connectivity index (χ0) is 19.2. The Labute approximate surface area is 156 Å². The molecule has 0 saturated heterocycles. The summed E-state index contributed by atoms with van der Waals surface area (Å²) in [5, 5.41) is 10.00. The number of hydrogen-bond donors (Lipinski definition) is 2. The number of aromatic nitrogens is 3. The van der Waals surface area contributed by atoms with Crippen LogP contribution in [0.25, 0.3) is 0 Å². The number of aryl methyl sites for hydroxylation is 1. The number of aromatic amines is 1. The van der Waals surface area contributed by atoms with Gasteiger partial charge >= 0.3 is 0 Å². The summed E-state index contributed by atoms with van der Waals surface area (Å²) in [6, 6.07) is 6.00. The van der Waals surface area contributed by atoms with Crippen molar-refractivity contribution in [2.24, 2.45) is 0 Å². The van der Waals surface area contributed by atoms with Gasteiger partial charge in [0, 0.05) is 19.3 Å². The third-order valence-corrected chi connectivity index (χ3v) is 6.03. The van der Waals surface area contributed by atoms with Crippen LogP contribution >= 0.6 is 11.8 Å². The minimum atomic E-state index is -3.74. The van der Waals surface area contributed by atoms with Gasteiger partial charge in [-0.05, 0) is 31.2 Å². The van der Waals surface area contributed by atoms with Gasteiger partial charge in [0.1, 0.15) is 11.6 Å². The molecule has 9 nitrogen and oxygen atoms in total. The Balaban J connectivity index is 1.81. The first kappa shape index (κ1) is 20.2. The number of likely N-dealkylation sites (N-methyl/N-ethyl adjacent to an activating group) is 1. The van der Waals surface area contributed by atoms with Crippen LogP contribution in [-0.2, 0) is 14.8 Å². The fraction of sp³-hybridized carbons (Fsp3) is 0.400. The molecule has 1 aromatic heterocycles. The molecule has 26 heavy (non-hydrogen) atoms. The predicted molar refractivity (Wildman–Crippen MR) is 97.7 cm³/mol. The van der Waals surface area contributed by atoms with Gasteiger partial charge in [0.25, 0.3) is 0 Å². The Hall–Kier alpha value is -2.11. The number of carbonyl (C=O) groups excluding carboxylic acids is 1. The molecule has 0 atom stereocenters. The van der Waals surface area contributed by atoms with E-state index in [4.69, 9.17) is 4.74 Å². The van der Waals surface area contributed by atoms with Gasteiger partial charge in [-0.25, -0.2) is 13.4 Å². The Kier molecular flexibility index (Phi) is 7.00. The largest absolute Gasteiger partial charge is 0.497 e. The van der Waals surface area contributed by atoms with E-state index in [1.54, 1.807) is 19.1 Å². The fourth-order valence-corrected chi connectivity index (χ4v) is 3.82. The van der Waals surface area contributed by atoms with E-state index in [0.717, 1.165) is 10.1 Å². The number of ether oxygens (including phenoxy) is 1. The van der Waals surface area contributed by atoms with Gasteiger partial charge in [0.15, 0.2) is 0 Å². The number of H-pyrrole nitrogens is 1. The zero-order valence-electron chi connectivity index (χ0n) is 14.7. The smallest absolute Gasteiger partial charge is 0.243 e. The standard InChI is InChI=1S/C15H21N5O4S2/c1-11-17-15(19-18-11)25-9-8-16-14(21)10-20(2)26(22,23)13-6-4-12(24-3)5-7-13/h4-7H,8-10H2,1-3H3,(H,16,21)(H,17,18,19). The van der Waals surface area contributed by atoms with Gasteiger partial charge in [-0.1, -0.05) is 11.8 Å². The van der Waals surface area contributed by atoms with Crippen molar-refractivity contribution in [2.75, 3.05) is 33.0 Å². The molecule has 0 saturated carbocycles. The van der Waals surface area contributed by atoms with Crippen LogP contribution in [0.3, 0.4) is 0 Å². The van der Waals surface area contributed by atoms with Crippen molar-refractivity contribution in [1.82, 2.24) is 24.8 Å². The third-order valence-electron chi connectivity index (χ3n) is 3.37. The summed E-state index contributed by atoms with van der Waals surface area (Å²) in [5.74, 6) is 1.49. The van der Waals surface area contributed by atoms with E-state index in [0.29, 0.717) is 23.2 Å². The van der Waals surface area contributed by atoms with E-state index < -0.39 is 10.0 Å². The number of nitrogens with zero attached hydrogens (tertiary/aromatic N) is 3. The second-order valence-electron chi connectivity index (χ2n) is 5.34. The topological polar surface area (TPSA) is 117 Å². The molecule has 0 spiro atoms. The number of thioether (sulfide) groups is 1. The second-order valence-corrected chi connectivity index (χ2v) is 8.45. The fourth-order valence-electron chi connectivity index (χ4n) is 1.99. The van der Waals surface area contributed by atoms with Gasteiger partial charge in [-0.2, -0.15) is 4.31 Å².